The van der Waals surface area contributed by atoms with E-state index in [1.807, 2.05) is 18.2 Å². The molecule has 8 heteroatoms. The first-order valence-electron chi connectivity index (χ1n) is 7.89. The topological polar surface area (TPSA) is 94.6 Å². The number of amides is 1. The van der Waals surface area contributed by atoms with Gasteiger partial charge in [0.25, 0.3) is 0 Å². The predicted molar refractivity (Wildman–Crippen MR) is 92.6 cm³/mol. The van der Waals surface area contributed by atoms with E-state index in [1.165, 1.54) is 0 Å². The molecule has 1 aromatic carbocycles. The van der Waals surface area contributed by atoms with Gasteiger partial charge in [-0.1, -0.05) is 0 Å². The van der Waals surface area contributed by atoms with Crippen LogP contribution >= 0.6 is 0 Å². The number of anilines is 3. The van der Waals surface area contributed by atoms with Gasteiger partial charge in [0.1, 0.15) is 18.8 Å². The maximum Gasteiger partial charge on any atom is 0.413 e. The van der Waals surface area contributed by atoms with E-state index >= 15 is 0 Å². The molecule has 0 saturated carbocycles. The largest absolute Gasteiger partial charge is 0.486 e. The Morgan fingerprint density at radius 1 is 1.04 bits per heavy atom. The van der Waals surface area contributed by atoms with Gasteiger partial charge >= 0.3 is 6.09 Å². The lowest BCUT2D eigenvalue weighted by Gasteiger charge is -2.19. The van der Waals surface area contributed by atoms with Crippen molar-refractivity contribution in [2.45, 2.75) is 26.4 Å². The van der Waals surface area contributed by atoms with Gasteiger partial charge in [-0.05, 0) is 45.0 Å². The molecule has 0 unspecified atom stereocenters. The van der Waals surface area contributed by atoms with Crippen LogP contribution in [0, 0.1) is 0 Å². The van der Waals surface area contributed by atoms with Crippen LogP contribution < -0.4 is 20.1 Å². The molecule has 0 aliphatic carbocycles. The van der Waals surface area contributed by atoms with Gasteiger partial charge in [0.2, 0.25) is 0 Å². The Kier molecular flexibility index (Phi) is 4.60. The number of aromatic nitrogens is 2. The average molecular weight is 344 g/mol. The Hall–Kier alpha value is -3.03. The van der Waals surface area contributed by atoms with Crippen LogP contribution in [0.4, 0.5) is 22.1 Å². The van der Waals surface area contributed by atoms with Crippen molar-refractivity contribution in [2.75, 3.05) is 23.8 Å². The van der Waals surface area contributed by atoms with Crippen molar-refractivity contribution in [3.63, 3.8) is 0 Å². The van der Waals surface area contributed by atoms with Crippen LogP contribution in [0.3, 0.4) is 0 Å². The smallest absolute Gasteiger partial charge is 0.413 e. The first-order chi connectivity index (χ1) is 11.9. The predicted octanol–water partition coefficient (Wildman–Crippen LogP) is 3.34. The molecule has 0 atom stereocenters. The highest BCUT2D eigenvalue weighted by Crippen LogP contribution is 2.33. The Morgan fingerprint density at radius 3 is 2.40 bits per heavy atom. The molecule has 2 aromatic rings. The summed E-state index contributed by atoms with van der Waals surface area (Å²) in [6, 6.07) is 8.88. The lowest BCUT2D eigenvalue weighted by atomic mass is 10.2. The van der Waals surface area contributed by atoms with Crippen LogP contribution in [0.1, 0.15) is 20.8 Å². The summed E-state index contributed by atoms with van der Waals surface area (Å²) in [5.41, 5.74) is 0.225. The van der Waals surface area contributed by atoms with Gasteiger partial charge in [-0.2, -0.15) is 0 Å². The second-order valence-corrected chi connectivity index (χ2v) is 6.41. The SMILES string of the molecule is CC(C)(C)OC(=O)Nc1ccc(Nc2ccc3c(c2)OCCO3)nn1. The van der Waals surface area contributed by atoms with Crippen molar-refractivity contribution in [3.05, 3.63) is 30.3 Å². The van der Waals surface area contributed by atoms with Gasteiger partial charge < -0.3 is 19.5 Å². The van der Waals surface area contributed by atoms with Gasteiger partial charge in [0.15, 0.2) is 23.1 Å². The summed E-state index contributed by atoms with van der Waals surface area (Å²) in [5, 5.41) is 13.6. The summed E-state index contributed by atoms with van der Waals surface area (Å²) in [7, 11) is 0. The Labute approximate surface area is 145 Å². The molecule has 3 rings (SSSR count). The second kappa shape index (κ2) is 6.84. The molecule has 2 N–H and O–H groups in total. The molecular weight excluding hydrogens is 324 g/mol. The molecule has 1 amide bonds. The molecule has 25 heavy (non-hydrogen) atoms. The van der Waals surface area contributed by atoms with Gasteiger partial charge in [0.05, 0.1) is 0 Å². The third-order valence-electron chi connectivity index (χ3n) is 3.11. The maximum atomic E-state index is 11.7. The van der Waals surface area contributed by atoms with E-state index in [4.69, 9.17) is 14.2 Å². The number of benzene rings is 1. The van der Waals surface area contributed by atoms with E-state index in [-0.39, 0.29) is 0 Å². The third kappa shape index (κ3) is 4.72. The molecule has 0 saturated heterocycles. The monoisotopic (exact) mass is 344 g/mol. The molecule has 1 aliphatic rings. The van der Waals surface area contributed by atoms with E-state index in [1.54, 1.807) is 32.9 Å². The zero-order valence-electron chi connectivity index (χ0n) is 14.3. The number of hydrogen-bond acceptors (Lipinski definition) is 7. The van der Waals surface area contributed by atoms with Crippen LogP contribution in [-0.4, -0.2) is 35.1 Å². The highest BCUT2D eigenvalue weighted by atomic mass is 16.6. The van der Waals surface area contributed by atoms with Crippen molar-refractivity contribution in [1.82, 2.24) is 10.2 Å². The Morgan fingerprint density at radius 2 is 1.72 bits per heavy atom. The van der Waals surface area contributed by atoms with Crippen LogP contribution in [0.15, 0.2) is 30.3 Å². The summed E-state index contributed by atoms with van der Waals surface area (Å²) in [6.07, 6.45) is -0.575. The van der Waals surface area contributed by atoms with E-state index < -0.39 is 11.7 Å². The minimum absolute atomic E-state index is 0.307. The molecule has 8 nitrogen and oxygen atoms in total. The van der Waals surface area contributed by atoms with Crippen molar-refractivity contribution in [1.29, 1.82) is 0 Å². The van der Waals surface area contributed by atoms with Crippen molar-refractivity contribution in [3.8, 4) is 11.5 Å². The van der Waals surface area contributed by atoms with Crippen molar-refractivity contribution in [2.24, 2.45) is 0 Å². The Bertz CT molecular complexity index is 756. The minimum Gasteiger partial charge on any atom is -0.486 e. The summed E-state index contributed by atoms with van der Waals surface area (Å²) in [4.78, 5) is 11.7. The van der Waals surface area contributed by atoms with Gasteiger partial charge in [-0.25, -0.2) is 4.79 Å². The van der Waals surface area contributed by atoms with E-state index in [2.05, 4.69) is 20.8 Å². The average Bonchev–Trinajstić information content (AvgIpc) is 2.55. The number of carbonyl (C=O) groups excluding carboxylic acids is 1. The minimum atomic E-state index is -0.575. The lowest BCUT2D eigenvalue weighted by molar-refractivity contribution is 0.0635. The number of fused-ring (bicyclic) bond motifs is 1. The molecule has 0 bridgehead atoms. The number of carbonyl (C=O) groups is 1. The molecule has 0 spiro atoms. The molecular formula is C17H20N4O4. The molecule has 0 fully saturated rings. The normalized spacial score (nSPS) is 13.1. The third-order valence-corrected chi connectivity index (χ3v) is 3.11. The maximum absolute atomic E-state index is 11.7. The molecule has 0 radical (unpaired) electrons. The van der Waals surface area contributed by atoms with Gasteiger partial charge in [-0.3, -0.25) is 5.32 Å². The summed E-state index contributed by atoms with van der Waals surface area (Å²) in [6.45, 7) is 6.45. The number of rotatable bonds is 3. The molecule has 1 aliphatic heterocycles. The summed E-state index contributed by atoms with van der Waals surface area (Å²) < 4.78 is 16.2. The fraction of sp³-hybridized carbons (Fsp3) is 0.353. The molecule has 1 aromatic heterocycles. The van der Waals surface area contributed by atoms with Crippen molar-refractivity contribution < 1.29 is 19.0 Å². The van der Waals surface area contributed by atoms with E-state index in [9.17, 15) is 4.79 Å². The standard InChI is InChI=1S/C17H20N4O4/c1-17(2,3)25-16(22)19-15-7-6-14(20-21-15)18-11-4-5-12-13(10-11)24-9-8-23-12/h4-7,10H,8-9H2,1-3H3,(H,18,20)(H,19,21,22). The Balaban J connectivity index is 1.62. The zero-order chi connectivity index (χ0) is 17.9. The summed E-state index contributed by atoms with van der Waals surface area (Å²) >= 11 is 0. The number of nitrogens with one attached hydrogen (secondary N) is 2. The van der Waals surface area contributed by atoms with Gasteiger partial charge in [-0.15, -0.1) is 10.2 Å². The first kappa shape index (κ1) is 16.8. The van der Waals surface area contributed by atoms with E-state index in [0.717, 1.165) is 11.4 Å². The lowest BCUT2D eigenvalue weighted by Crippen LogP contribution is -2.27. The highest BCUT2D eigenvalue weighted by Gasteiger charge is 2.17. The van der Waals surface area contributed by atoms with Crippen LogP contribution in [-0.2, 0) is 4.74 Å². The second-order valence-electron chi connectivity index (χ2n) is 6.41. The number of ether oxygens (including phenoxy) is 3. The molecule has 132 valence electrons. The molecule has 2 heterocycles. The van der Waals surface area contributed by atoms with Crippen LogP contribution in [0.2, 0.25) is 0 Å². The zero-order valence-corrected chi connectivity index (χ0v) is 14.3. The first-order valence-corrected chi connectivity index (χ1v) is 7.89. The van der Waals surface area contributed by atoms with Crippen molar-refractivity contribution >= 4 is 23.4 Å². The van der Waals surface area contributed by atoms with Gasteiger partial charge in [0, 0.05) is 11.8 Å². The van der Waals surface area contributed by atoms with E-state index in [0.29, 0.717) is 30.6 Å². The number of nitrogens with zero attached hydrogens (tertiary/aromatic N) is 2. The fourth-order valence-electron chi connectivity index (χ4n) is 2.14. The van der Waals surface area contributed by atoms with Crippen LogP contribution in [0.25, 0.3) is 0 Å². The highest BCUT2D eigenvalue weighted by molar-refractivity contribution is 5.83. The fourth-order valence-corrected chi connectivity index (χ4v) is 2.14. The van der Waals surface area contributed by atoms with Crippen LogP contribution in [0.5, 0.6) is 11.5 Å². The number of hydrogen-bond donors (Lipinski definition) is 2. The summed E-state index contributed by atoms with van der Waals surface area (Å²) in [5.74, 6) is 2.25. The quantitative estimate of drug-likeness (QED) is 0.882.